The average molecular weight is 248 g/mol. The zero-order chi connectivity index (χ0) is 9.72. The van der Waals surface area contributed by atoms with Gasteiger partial charge >= 0.3 is 5.97 Å². The van der Waals surface area contributed by atoms with E-state index in [1.165, 1.54) is 6.92 Å². The smallest absolute Gasteiger partial charge is 0.325 e. The summed E-state index contributed by atoms with van der Waals surface area (Å²) >= 11 is 0. The molecule has 0 radical (unpaired) electrons. The topological polar surface area (TPSA) is 118 Å². The number of halogens is 2. The lowest BCUT2D eigenvalue weighted by molar-refractivity contribution is -0.141. The molecule has 0 spiro atoms. The summed E-state index contributed by atoms with van der Waals surface area (Å²) < 4.78 is 0. The Morgan fingerprint density at radius 3 is 2.14 bits per heavy atom. The van der Waals surface area contributed by atoms with Crippen molar-refractivity contribution in [2.75, 3.05) is 6.54 Å². The third-order valence-corrected chi connectivity index (χ3v) is 1.32. The molecule has 2 atom stereocenters. The van der Waals surface area contributed by atoms with Gasteiger partial charge in [-0.2, -0.15) is 0 Å². The van der Waals surface area contributed by atoms with Gasteiger partial charge < -0.3 is 21.9 Å². The summed E-state index contributed by atoms with van der Waals surface area (Å²) in [7, 11) is 0. The molecule has 6 N–H and O–H groups in total. The fourth-order valence-corrected chi connectivity index (χ4v) is 0.489. The zero-order valence-electron chi connectivity index (χ0n) is 7.60. The molecule has 0 saturated carbocycles. The Labute approximate surface area is 94.2 Å². The van der Waals surface area contributed by atoms with Crippen molar-refractivity contribution < 1.29 is 14.7 Å². The number of nitrogens with one attached hydrogen (secondary N) is 1. The molecule has 0 rings (SSSR count). The molecule has 6 nitrogen and oxygen atoms in total. The van der Waals surface area contributed by atoms with Gasteiger partial charge in [-0.15, -0.1) is 24.8 Å². The van der Waals surface area contributed by atoms with Gasteiger partial charge in [-0.3, -0.25) is 9.59 Å². The van der Waals surface area contributed by atoms with Gasteiger partial charge in [-0.1, -0.05) is 0 Å². The Morgan fingerprint density at radius 2 is 1.86 bits per heavy atom. The van der Waals surface area contributed by atoms with Crippen molar-refractivity contribution in [3.63, 3.8) is 0 Å². The van der Waals surface area contributed by atoms with Gasteiger partial charge in [0.2, 0.25) is 5.91 Å². The Bertz CT molecular complexity index is 191. The van der Waals surface area contributed by atoms with E-state index in [0.29, 0.717) is 0 Å². The lowest BCUT2D eigenvalue weighted by Gasteiger charge is -2.12. The highest BCUT2D eigenvalue weighted by Gasteiger charge is 2.17. The SMILES string of the molecule is C[C@@H](NC(=O)[C@@H](N)CN)C(=O)O.Cl.Cl. The van der Waals surface area contributed by atoms with Crippen molar-refractivity contribution in [1.82, 2.24) is 5.32 Å². The molecule has 0 aromatic heterocycles. The lowest BCUT2D eigenvalue weighted by Crippen LogP contribution is -2.50. The number of hydrogen-bond donors (Lipinski definition) is 4. The maximum atomic E-state index is 10.9. The Morgan fingerprint density at radius 1 is 1.43 bits per heavy atom. The molecule has 0 aliphatic carbocycles. The van der Waals surface area contributed by atoms with Crippen LogP contribution in [0.1, 0.15) is 6.92 Å². The normalized spacial score (nSPS) is 12.8. The van der Waals surface area contributed by atoms with Gasteiger partial charge in [0.1, 0.15) is 6.04 Å². The molecule has 0 heterocycles. The molecule has 0 bridgehead atoms. The predicted molar refractivity (Wildman–Crippen MR) is 56.8 cm³/mol. The predicted octanol–water partition coefficient (Wildman–Crippen LogP) is -1.29. The maximum absolute atomic E-state index is 10.9. The summed E-state index contributed by atoms with van der Waals surface area (Å²) in [4.78, 5) is 21.2. The second-order valence-corrected chi connectivity index (χ2v) is 2.41. The molecule has 0 aliphatic rings. The van der Waals surface area contributed by atoms with Crippen molar-refractivity contribution in [1.29, 1.82) is 0 Å². The molecule has 0 fully saturated rings. The highest BCUT2D eigenvalue weighted by Crippen LogP contribution is 1.83. The van der Waals surface area contributed by atoms with Gasteiger partial charge in [0.25, 0.3) is 0 Å². The summed E-state index contributed by atoms with van der Waals surface area (Å²) in [6.07, 6.45) is 0. The van der Waals surface area contributed by atoms with Crippen LogP contribution in [0.2, 0.25) is 0 Å². The van der Waals surface area contributed by atoms with Crippen molar-refractivity contribution in [3.05, 3.63) is 0 Å². The Balaban J connectivity index is -0.000000605. The summed E-state index contributed by atoms with van der Waals surface area (Å²) in [5.41, 5.74) is 10.3. The Kier molecular flexibility index (Phi) is 12.3. The van der Waals surface area contributed by atoms with Crippen molar-refractivity contribution in [2.24, 2.45) is 11.5 Å². The molecule has 14 heavy (non-hydrogen) atoms. The molecular formula is C6H15Cl2N3O3. The first-order chi connectivity index (χ1) is 5.49. The number of aliphatic carboxylic acids is 1. The molecule has 0 unspecified atom stereocenters. The van der Waals surface area contributed by atoms with Gasteiger partial charge in [-0.25, -0.2) is 0 Å². The minimum Gasteiger partial charge on any atom is -0.480 e. The number of carboxylic acids is 1. The fourth-order valence-electron chi connectivity index (χ4n) is 0.489. The summed E-state index contributed by atoms with van der Waals surface area (Å²) in [5, 5.41) is 10.6. The fraction of sp³-hybridized carbons (Fsp3) is 0.667. The largest absolute Gasteiger partial charge is 0.480 e. The van der Waals surface area contributed by atoms with E-state index in [1.54, 1.807) is 0 Å². The molecule has 8 heteroatoms. The van der Waals surface area contributed by atoms with Gasteiger partial charge in [0, 0.05) is 6.54 Å². The molecule has 0 saturated heterocycles. The third kappa shape index (κ3) is 6.90. The highest BCUT2D eigenvalue weighted by atomic mass is 35.5. The van der Waals surface area contributed by atoms with Crippen LogP contribution in [0.5, 0.6) is 0 Å². The number of nitrogens with two attached hydrogens (primary N) is 2. The molecular weight excluding hydrogens is 233 g/mol. The van der Waals surface area contributed by atoms with Crippen LogP contribution in [0.15, 0.2) is 0 Å². The second-order valence-electron chi connectivity index (χ2n) is 2.41. The van der Waals surface area contributed by atoms with Gasteiger partial charge in [0.05, 0.1) is 6.04 Å². The van der Waals surface area contributed by atoms with Crippen molar-refractivity contribution in [2.45, 2.75) is 19.0 Å². The number of carbonyl (C=O) groups excluding carboxylic acids is 1. The number of rotatable bonds is 4. The van der Waals surface area contributed by atoms with Crippen LogP contribution in [0.25, 0.3) is 0 Å². The minimum atomic E-state index is -1.10. The van der Waals surface area contributed by atoms with E-state index in [2.05, 4.69) is 5.32 Å². The highest BCUT2D eigenvalue weighted by molar-refractivity contribution is 5.86. The summed E-state index contributed by atoms with van der Waals surface area (Å²) in [6, 6.07) is -1.78. The van der Waals surface area contributed by atoms with Crippen molar-refractivity contribution in [3.8, 4) is 0 Å². The van der Waals surface area contributed by atoms with E-state index < -0.39 is 24.0 Å². The standard InChI is InChI=1S/C6H13N3O3.2ClH/c1-3(6(11)12)9-5(10)4(8)2-7;;/h3-4H,2,7-8H2,1H3,(H,9,10)(H,11,12);2*1H/t3-,4+;;/m1../s1. The first kappa shape index (κ1) is 19.1. The summed E-state index contributed by atoms with van der Waals surface area (Å²) in [5.74, 6) is -1.65. The van der Waals surface area contributed by atoms with Crippen LogP contribution in [-0.4, -0.2) is 35.6 Å². The Hall–Kier alpha value is -0.560. The molecule has 1 amide bonds. The summed E-state index contributed by atoms with van der Waals surface area (Å²) in [6.45, 7) is 1.35. The number of carboxylic acid groups (broad SMARTS) is 1. The van der Waals surface area contributed by atoms with Crippen LogP contribution in [0.4, 0.5) is 0 Å². The van der Waals surface area contributed by atoms with Crippen LogP contribution in [0.3, 0.4) is 0 Å². The monoisotopic (exact) mass is 247 g/mol. The molecule has 0 aromatic rings. The second kappa shape index (κ2) is 9.01. The maximum Gasteiger partial charge on any atom is 0.325 e. The zero-order valence-corrected chi connectivity index (χ0v) is 9.23. The van der Waals surface area contributed by atoms with Gasteiger partial charge in [0.15, 0.2) is 0 Å². The van der Waals surface area contributed by atoms with E-state index in [1.807, 2.05) is 0 Å². The van der Waals surface area contributed by atoms with E-state index in [9.17, 15) is 9.59 Å². The van der Waals surface area contributed by atoms with Crippen molar-refractivity contribution >= 4 is 36.7 Å². The number of carbonyl (C=O) groups is 2. The average Bonchev–Trinajstić information content (AvgIpc) is 2.02. The van der Waals surface area contributed by atoms with Crippen LogP contribution in [0, 0.1) is 0 Å². The van der Waals surface area contributed by atoms with Crippen LogP contribution >= 0.6 is 24.8 Å². The lowest BCUT2D eigenvalue weighted by atomic mass is 10.2. The molecule has 0 aliphatic heterocycles. The first-order valence-electron chi connectivity index (χ1n) is 3.48. The number of hydrogen-bond acceptors (Lipinski definition) is 4. The van der Waals surface area contributed by atoms with Gasteiger partial charge in [-0.05, 0) is 6.92 Å². The third-order valence-electron chi connectivity index (χ3n) is 1.32. The molecule has 0 aromatic carbocycles. The van der Waals surface area contributed by atoms with Crippen LogP contribution < -0.4 is 16.8 Å². The van der Waals surface area contributed by atoms with Crippen LogP contribution in [-0.2, 0) is 9.59 Å². The van der Waals surface area contributed by atoms with E-state index in [-0.39, 0.29) is 31.4 Å². The first-order valence-corrected chi connectivity index (χ1v) is 3.48. The van der Waals surface area contributed by atoms with E-state index in [4.69, 9.17) is 16.6 Å². The quantitative estimate of drug-likeness (QED) is 0.493. The van der Waals surface area contributed by atoms with E-state index in [0.717, 1.165) is 0 Å². The minimum absolute atomic E-state index is 0. The number of amides is 1. The molecule has 86 valence electrons. The van der Waals surface area contributed by atoms with E-state index >= 15 is 0 Å².